The predicted molar refractivity (Wildman–Crippen MR) is 61.0 cm³/mol. The van der Waals surface area contributed by atoms with Crippen molar-refractivity contribution >= 4 is 5.91 Å². The first kappa shape index (κ1) is 11.0. The molecule has 14 heavy (non-hydrogen) atoms. The van der Waals surface area contributed by atoms with E-state index < -0.39 is 0 Å². The van der Waals surface area contributed by atoms with Crippen LogP contribution < -0.4 is 5.32 Å². The highest BCUT2D eigenvalue weighted by Crippen LogP contribution is 2.22. The molecule has 0 radical (unpaired) electrons. The van der Waals surface area contributed by atoms with Crippen molar-refractivity contribution in [1.29, 1.82) is 0 Å². The van der Waals surface area contributed by atoms with Gasteiger partial charge in [0, 0.05) is 8.35 Å². The molecule has 0 aromatic carbocycles. The number of amides is 1. The van der Waals surface area contributed by atoms with Crippen molar-refractivity contribution in [2.75, 3.05) is 0 Å². The van der Waals surface area contributed by atoms with Gasteiger partial charge in [-0.25, -0.2) is 0 Å². The SMILES string of the molecule is CCC(NC(C)=O)C1=CC=CC(C)C1.[HH]. The number of hydrogen-bond donors (Lipinski definition) is 1. The molecule has 1 rings (SSSR count). The lowest BCUT2D eigenvalue weighted by molar-refractivity contribution is -0.119. The van der Waals surface area contributed by atoms with Crippen molar-refractivity contribution in [3.05, 3.63) is 23.8 Å². The van der Waals surface area contributed by atoms with E-state index in [-0.39, 0.29) is 13.4 Å². The van der Waals surface area contributed by atoms with Crippen molar-refractivity contribution in [2.45, 2.75) is 39.7 Å². The Balaban J connectivity index is 0.00000196. The summed E-state index contributed by atoms with van der Waals surface area (Å²) in [6.07, 6.45) is 8.45. The van der Waals surface area contributed by atoms with E-state index in [1.165, 1.54) is 5.57 Å². The van der Waals surface area contributed by atoms with E-state index in [4.69, 9.17) is 0 Å². The molecule has 0 saturated carbocycles. The van der Waals surface area contributed by atoms with Crippen LogP contribution in [0.2, 0.25) is 0 Å². The van der Waals surface area contributed by atoms with Gasteiger partial charge < -0.3 is 5.32 Å². The van der Waals surface area contributed by atoms with E-state index in [1.54, 1.807) is 6.92 Å². The second kappa shape index (κ2) is 4.99. The van der Waals surface area contributed by atoms with Crippen LogP contribution in [0.3, 0.4) is 0 Å². The highest BCUT2D eigenvalue weighted by atomic mass is 16.1. The molecule has 0 heterocycles. The van der Waals surface area contributed by atoms with Gasteiger partial charge in [0.15, 0.2) is 0 Å². The third-order valence-electron chi connectivity index (χ3n) is 2.54. The van der Waals surface area contributed by atoms with Crippen LogP contribution in [0.25, 0.3) is 0 Å². The predicted octanol–water partition coefficient (Wildman–Crippen LogP) is 2.67. The minimum Gasteiger partial charge on any atom is -0.350 e. The van der Waals surface area contributed by atoms with Gasteiger partial charge in [0.1, 0.15) is 0 Å². The van der Waals surface area contributed by atoms with Crippen LogP contribution in [0.15, 0.2) is 23.8 Å². The van der Waals surface area contributed by atoms with Crippen molar-refractivity contribution in [2.24, 2.45) is 5.92 Å². The molecular weight excluding hydrogens is 174 g/mol. The normalized spacial score (nSPS) is 22.8. The lowest BCUT2D eigenvalue weighted by Crippen LogP contribution is -2.34. The van der Waals surface area contributed by atoms with Crippen LogP contribution >= 0.6 is 0 Å². The number of nitrogens with one attached hydrogen (secondary N) is 1. The summed E-state index contributed by atoms with van der Waals surface area (Å²) >= 11 is 0. The second-order valence-electron chi connectivity index (χ2n) is 3.97. The van der Waals surface area contributed by atoms with Gasteiger partial charge in [0.2, 0.25) is 5.91 Å². The molecule has 2 heteroatoms. The molecule has 2 nitrogen and oxygen atoms in total. The first-order chi connectivity index (χ1) is 6.63. The summed E-state index contributed by atoms with van der Waals surface area (Å²) in [6, 6.07) is 0.222. The number of rotatable bonds is 3. The Bertz CT molecular complexity index is 271. The summed E-state index contributed by atoms with van der Waals surface area (Å²) in [4.78, 5) is 11.0. The molecule has 2 atom stereocenters. The fraction of sp³-hybridized carbons (Fsp3) is 0.583. The highest BCUT2D eigenvalue weighted by molar-refractivity contribution is 5.73. The fourth-order valence-electron chi connectivity index (χ4n) is 1.84. The summed E-state index contributed by atoms with van der Waals surface area (Å²) in [6.45, 7) is 5.87. The second-order valence-corrected chi connectivity index (χ2v) is 3.97. The highest BCUT2D eigenvalue weighted by Gasteiger charge is 2.16. The number of allylic oxidation sites excluding steroid dienone is 3. The van der Waals surface area contributed by atoms with E-state index >= 15 is 0 Å². The summed E-state index contributed by atoms with van der Waals surface area (Å²) in [7, 11) is 0. The van der Waals surface area contributed by atoms with Gasteiger partial charge in [-0.2, -0.15) is 0 Å². The minimum atomic E-state index is 0. The Labute approximate surface area is 87.6 Å². The summed E-state index contributed by atoms with van der Waals surface area (Å²) in [5, 5.41) is 2.98. The first-order valence-corrected chi connectivity index (χ1v) is 5.27. The topological polar surface area (TPSA) is 29.1 Å². The average Bonchev–Trinajstić information content (AvgIpc) is 2.14. The summed E-state index contributed by atoms with van der Waals surface area (Å²) in [5.41, 5.74) is 1.35. The Kier molecular flexibility index (Phi) is 3.93. The fourth-order valence-corrected chi connectivity index (χ4v) is 1.84. The zero-order chi connectivity index (χ0) is 10.6. The molecule has 0 aliphatic heterocycles. The van der Waals surface area contributed by atoms with Gasteiger partial charge >= 0.3 is 0 Å². The van der Waals surface area contributed by atoms with Crippen LogP contribution in [0.5, 0.6) is 0 Å². The minimum absolute atomic E-state index is 0. The standard InChI is InChI=1S/C12H19NO.H2/c1-4-12(13-10(3)14)11-7-5-6-9(2)8-11;/h5-7,9,12H,4,8H2,1-3H3,(H,13,14);1H. The molecule has 0 bridgehead atoms. The molecule has 0 saturated heterocycles. The molecule has 0 spiro atoms. The molecule has 1 amide bonds. The maximum atomic E-state index is 11.0. The van der Waals surface area contributed by atoms with Gasteiger partial charge in [-0.1, -0.05) is 32.1 Å². The Morgan fingerprint density at radius 3 is 3.00 bits per heavy atom. The molecule has 80 valence electrons. The van der Waals surface area contributed by atoms with Gasteiger partial charge in [0.25, 0.3) is 0 Å². The molecule has 2 unspecified atom stereocenters. The van der Waals surface area contributed by atoms with Crippen LogP contribution in [0, 0.1) is 5.92 Å². The molecule has 0 fully saturated rings. The molecular formula is C12H21NO. The molecule has 0 aromatic rings. The monoisotopic (exact) mass is 195 g/mol. The van der Waals surface area contributed by atoms with Crippen LogP contribution in [-0.2, 0) is 4.79 Å². The molecule has 1 N–H and O–H groups in total. The Morgan fingerprint density at radius 2 is 2.50 bits per heavy atom. The largest absolute Gasteiger partial charge is 0.350 e. The van der Waals surface area contributed by atoms with Crippen molar-refractivity contribution in [1.82, 2.24) is 5.32 Å². The smallest absolute Gasteiger partial charge is 0.217 e. The van der Waals surface area contributed by atoms with Crippen molar-refractivity contribution in [3.63, 3.8) is 0 Å². The molecule has 0 aromatic heterocycles. The van der Waals surface area contributed by atoms with Gasteiger partial charge in [-0.05, 0) is 24.3 Å². The lowest BCUT2D eigenvalue weighted by Gasteiger charge is -2.23. The van der Waals surface area contributed by atoms with Gasteiger partial charge in [-0.3, -0.25) is 4.79 Å². The first-order valence-electron chi connectivity index (χ1n) is 5.27. The summed E-state index contributed by atoms with van der Waals surface area (Å²) < 4.78 is 0. The van der Waals surface area contributed by atoms with Crippen LogP contribution in [0.1, 0.15) is 35.0 Å². The third kappa shape index (κ3) is 3.02. The van der Waals surface area contributed by atoms with E-state index in [1.807, 2.05) is 0 Å². The van der Waals surface area contributed by atoms with E-state index in [9.17, 15) is 4.79 Å². The van der Waals surface area contributed by atoms with E-state index in [2.05, 4.69) is 37.4 Å². The van der Waals surface area contributed by atoms with Crippen molar-refractivity contribution < 1.29 is 6.22 Å². The van der Waals surface area contributed by atoms with Gasteiger partial charge in [0.05, 0.1) is 6.04 Å². The number of carbonyl (C=O) groups excluding carboxylic acids is 1. The lowest BCUT2D eigenvalue weighted by atomic mass is 9.90. The quantitative estimate of drug-likeness (QED) is 0.737. The van der Waals surface area contributed by atoms with E-state index in [0.717, 1.165) is 12.8 Å². The van der Waals surface area contributed by atoms with Gasteiger partial charge in [-0.15, -0.1) is 0 Å². The van der Waals surface area contributed by atoms with Crippen LogP contribution in [0.4, 0.5) is 0 Å². The van der Waals surface area contributed by atoms with E-state index in [0.29, 0.717) is 5.92 Å². The average molecular weight is 195 g/mol. The van der Waals surface area contributed by atoms with Crippen LogP contribution in [-0.4, -0.2) is 11.9 Å². The maximum Gasteiger partial charge on any atom is 0.217 e. The van der Waals surface area contributed by atoms with Crippen molar-refractivity contribution in [3.8, 4) is 0 Å². The maximum absolute atomic E-state index is 11.0. The number of hydrogen-bond acceptors (Lipinski definition) is 1. The Hall–Kier alpha value is -1.05. The number of carbonyl (C=O) groups is 1. The Morgan fingerprint density at radius 1 is 1.79 bits per heavy atom. The zero-order valence-corrected chi connectivity index (χ0v) is 9.21. The zero-order valence-electron chi connectivity index (χ0n) is 9.21. The third-order valence-corrected chi connectivity index (χ3v) is 2.54. The molecule has 1 aliphatic rings. The summed E-state index contributed by atoms with van der Waals surface area (Å²) in [5.74, 6) is 0.651. The molecule has 1 aliphatic carbocycles.